The van der Waals surface area contributed by atoms with Gasteiger partial charge in [-0.15, -0.1) is 6.58 Å². The number of hydrogen-bond donors (Lipinski definition) is 0. The van der Waals surface area contributed by atoms with E-state index in [4.69, 9.17) is 0 Å². The van der Waals surface area contributed by atoms with E-state index in [1.54, 1.807) is 0 Å². The smallest absolute Gasteiger partial charge is 0.0295 e. The van der Waals surface area contributed by atoms with E-state index >= 15 is 0 Å². The van der Waals surface area contributed by atoms with Crippen molar-refractivity contribution in [3.05, 3.63) is 12.2 Å². The molecule has 0 N–H and O–H groups in total. The Hall–Kier alpha value is -0.260. The third kappa shape index (κ3) is 11.7. The Labute approximate surface area is 85.4 Å². The van der Waals surface area contributed by atoms with Crippen LogP contribution in [0.25, 0.3) is 0 Å². The molecule has 0 fully saturated rings. The molecule has 0 aliphatic carbocycles. The minimum Gasteiger partial charge on any atom is -0.100 e. The van der Waals surface area contributed by atoms with Crippen molar-refractivity contribution < 1.29 is 0 Å². The molecule has 13 heavy (non-hydrogen) atoms. The normalized spacial score (nSPS) is 12.8. The van der Waals surface area contributed by atoms with E-state index in [0.29, 0.717) is 5.41 Å². The highest BCUT2D eigenvalue weighted by atomic mass is 14.2. The Morgan fingerprint density at radius 3 is 1.62 bits per heavy atom. The summed E-state index contributed by atoms with van der Waals surface area (Å²) >= 11 is 0. The van der Waals surface area contributed by atoms with Crippen molar-refractivity contribution in [2.45, 2.75) is 61.3 Å². The number of allylic oxidation sites excluding steroid dienone is 1. The summed E-state index contributed by atoms with van der Waals surface area (Å²) in [5, 5.41) is 0. The fourth-order valence-corrected chi connectivity index (χ4v) is 0.829. The molecular weight excluding hydrogens is 156 g/mol. The van der Waals surface area contributed by atoms with Crippen molar-refractivity contribution in [2.75, 3.05) is 0 Å². The van der Waals surface area contributed by atoms with Gasteiger partial charge in [-0.25, -0.2) is 0 Å². The van der Waals surface area contributed by atoms with Gasteiger partial charge in [0.25, 0.3) is 0 Å². The van der Waals surface area contributed by atoms with Crippen LogP contribution in [0.4, 0.5) is 0 Å². The van der Waals surface area contributed by atoms with Crippen molar-refractivity contribution in [1.29, 1.82) is 0 Å². The molecule has 0 radical (unpaired) electrons. The SMILES string of the molecule is C=C(C)CC(C)C(C)(C)C.CCC. The summed E-state index contributed by atoms with van der Waals surface area (Å²) in [6.07, 6.45) is 2.41. The topological polar surface area (TPSA) is 0 Å². The Morgan fingerprint density at radius 2 is 1.54 bits per heavy atom. The Balaban J connectivity index is 0. The molecule has 0 saturated carbocycles. The Bertz CT molecular complexity index is 125. The van der Waals surface area contributed by atoms with Gasteiger partial charge in [0, 0.05) is 0 Å². The van der Waals surface area contributed by atoms with Gasteiger partial charge in [0.2, 0.25) is 0 Å². The molecular formula is C13H28. The van der Waals surface area contributed by atoms with E-state index in [1.807, 2.05) is 0 Å². The second kappa shape index (κ2) is 7.17. The zero-order valence-corrected chi connectivity index (χ0v) is 10.7. The molecule has 0 spiro atoms. The summed E-state index contributed by atoms with van der Waals surface area (Å²) in [6, 6.07) is 0. The van der Waals surface area contributed by atoms with Gasteiger partial charge in [-0.05, 0) is 24.7 Å². The molecule has 0 heterocycles. The first-order chi connectivity index (χ1) is 5.75. The van der Waals surface area contributed by atoms with Crippen LogP contribution < -0.4 is 0 Å². The van der Waals surface area contributed by atoms with E-state index in [2.05, 4.69) is 55.0 Å². The summed E-state index contributed by atoms with van der Waals surface area (Å²) in [7, 11) is 0. The third-order valence-electron chi connectivity index (χ3n) is 2.13. The van der Waals surface area contributed by atoms with Crippen LogP contribution in [0.3, 0.4) is 0 Å². The van der Waals surface area contributed by atoms with Gasteiger partial charge in [0.05, 0.1) is 0 Å². The van der Waals surface area contributed by atoms with Gasteiger partial charge >= 0.3 is 0 Å². The zero-order chi connectivity index (χ0) is 11.1. The average Bonchev–Trinajstić information content (AvgIpc) is 1.85. The predicted octanol–water partition coefficient (Wildman–Crippen LogP) is 5.05. The molecule has 0 amide bonds. The van der Waals surface area contributed by atoms with E-state index in [1.165, 1.54) is 12.0 Å². The highest BCUT2D eigenvalue weighted by Crippen LogP contribution is 2.29. The van der Waals surface area contributed by atoms with Crippen LogP contribution in [-0.2, 0) is 0 Å². The Kier molecular flexibility index (Phi) is 8.40. The van der Waals surface area contributed by atoms with Gasteiger partial charge in [0.15, 0.2) is 0 Å². The summed E-state index contributed by atoms with van der Waals surface area (Å²) in [5.74, 6) is 0.741. The van der Waals surface area contributed by atoms with Crippen LogP contribution in [0.2, 0.25) is 0 Å². The van der Waals surface area contributed by atoms with Crippen LogP contribution in [0.1, 0.15) is 61.3 Å². The van der Waals surface area contributed by atoms with Crippen molar-refractivity contribution in [3.63, 3.8) is 0 Å². The van der Waals surface area contributed by atoms with E-state index in [-0.39, 0.29) is 0 Å². The lowest BCUT2D eigenvalue weighted by Gasteiger charge is -2.27. The predicted molar refractivity (Wildman–Crippen MR) is 64.0 cm³/mol. The van der Waals surface area contributed by atoms with Crippen LogP contribution in [-0.4, -0.2) is 0 Å². The molecule has 0 aliphatic heterocycles. The van der Waals surface area contributed by atoms with Gasteiger partial charge in [-0.3, -0.25) is 0 Å². The van der Waals surface area contributed by atoms with E-state index < -0.39 is 0 Å². The highest BCUT2D eigenvalue weighted by Gasteiger charge is 2.19. The largest absolute Gasteiger partial charge is 0.100 e. The van der Waals surface area contributed by atoms with Crippen molar-refractivity contribution in [2.24, 2.45) is 11.3 Å². The monoisotopic (exact) mass is 184 g/mol. The van der Waals surface area contributed by atoms with Gasteiger partial charge < -0.3 is 0 Å². The first kappa shape index (κ1) is 15.2. The molecule has 0 aromatic heterocycles. The van der Waals surface area contributed by atoms with Crippen LogP contribution >= 0.6 is 0 Å². The maximum Gasteiger partial charge on any atom is -0.0295 e. The molecule has 0 bridgehead atoms. The maximum absolute atomic E-state index is 3.91. The lowest BCUT2D eigenvalue weighted by Crippen LogP contribution is -2.17. The zero-order valence-electron chi connectivity index (χ0n) is 10.7. The molecule has 0 saturated heterocycles. The summed E-state index contributed by atoms with van der Waals surface area (Å²) in [5.41, 5.74) is 1.72. The molecule has 0 heteroatoms. The molecule has 0 aromatic rings. The van der Waals surface area contributed by atoms with Crippen LogP contribution in [0.5, 0.6) is 0 Å². The minimum absolute atomic E-state index is 0.430. The molecule has 1 unspecified atom stereocenters. The summed E-state index contributed by atoms with van der Waals surface area (Å²) in [6.45, 7) is 19.4. The first-order valence-electron chi connectivity index (χ1n) is 5.40. The first-order valence-corrected chi connectivity index (χ1v) is 5.40. The minimum atomic E-state index is 0.430. The second-order valence-corrected chi connectivity index (χ2v) is 5.14. The van der Waals surface area contributed by atoms with E-state index in [0.717, 1.165) is 12.3 Å². The van der Waals surface area contributed by atoms with Crippen molar-refractivity contribution in [3.8, 4) is 0 Å². The van der Waals surface area contributed by atoms with E-state index in [9.17, 15) is 0 Å². The van der Waals surface area contributed by atoms with Crippen LogP contribution in [0.15, 0.2) is 12.2 Å². The van der Waals surface area contributed by atoms with Gasteiger partial charge in [-0.1, -0.05) is 53.5 Å². The summed E-state index contributed by atoms with van der Waals surface area (Å²) < 4.78 is 0. The maximum atomic E-state index is 3.91. The highest BCUT2D eigenvalue weighted by molar-refractivity contribution is 4.91. The standard InChI is InChI=1S/C10H20.C3H8/c1-8(2)7-9(3)10(4,5)6;1-3-2/h9H,1,7H2,2-6H3;3H2,1-2H3. The summed E-state index contributed by atoms with van der Waals surface area (Å²) in [4.78, 5) is 0. The number of rotatable bonds is 2. The lowest BCUT2D eigenvalue weighted by atomic mass is 9.79. The van der Waals surface area contributed by atoms with Crippen LogP contribution in [0, 0.1) is 11.3 Å². The number of hydrogen-bond acceptors (Lipinski definition) is 0. The van der Waals surface area contributed by atoms with Crippen molar-refractivity contribution >= 4 is 0 Å². The fourth-order valence-electron chi connectivity index (χ4n) is 0.829. The molecule has 0 rings (SSSR count). The molecule has 0 nitrogen and oxygen atoms in total. The molecule has 80 valence electrons. The molecule has 0 aliphatic rings. The third-order valence-corrected chi connectivity index (χ3v) is 2.13. The average molecular weight is 184 g/mol. The molecule has 1 atom stereocenters. The van der Waals surface area contributed by atoms with Gasteiger partial charge in [-0.2, -0.15) is 0 Å². The lowest BCUT2D eigenvalue weighted by molar-refractivity contribution is 0.260. The van der Waals surface area contributed by atoms with Gasteiger partial charge in [0.1, 0.15) is 0 Å². The second-order valence-electron chi connectivity index (χ2n) is 5.14. The molecule has 0 aromatic carbocycles. The fraction of sp³-hybridized carbons (Fsp3) is 0.846. The quantitative estimate of drug-likeness (QED) is 0.527. The van der Waals surface area contributed by atoms with Crippen molar-refractivity contribution in [1.82, 2.24) is 0 Å². The Morgan fingerprint density at radius 1 is 1.23 bits per heavy atom.